The molecule has 0 fully saturated rings. The quantitative estimate of drug-likeness (QED) is 0.587. The van der Waals surface area contributed by atoms with Crippen LogP contribution in [0.4, 0.5) is 0 Å². The van der Waals surface area contributed by atoms with Crippen molar-refractivity contribution >= 4 is 6.21 Å². The van der Waals surface area contributed by atoms with Crippen molar-refractivity contribution in [3.63, 3.8) is 0 Å². The molecule has 0 radical (unpaired) electrons. The van der Waals surface area contributed by atoms with Crippen LogP contribution in [-0.2, 0) is 0 Å². The summed E-state index contributed by atoms with van der Waals surface area (Å²) in [5.74, 6) is 0. The lowest BCUT2D eigenvalue weighted by Crippen LogP contribution is -2.62. The molecule has 0 bridgehead atoms. The predicted molar refractivity (Wildman–Crippen MR) is 47.3 cm³/mol. The highest BCUT2D eigenvalue weighted by Crippen LogP contribution is 2.25. The lowest BCUT2D eigenvalue weighted by atomic mass is 10.0. The Balaban J connectivity index is 2.77. The van der Waals surface area contributed by atoms with Crippen LogP contribution in [0.1, 0.15) is 19.8 Å². The minimum absolute atomic E-state index is 0.139. The molecule has 0 saturated carbocycles. The molecule has 0 aromatic rings. The fraction of sp³-hybridized carbons (Fsp3) is 0.875. The smallest absolute Gasteiger partial charge is 0.191 e. The second-order valence-corrected chi connectivity index (χ2v) is 4.03. The normalized spacial score (nSPS) is 30.5. The largest absolute Gasteiger partial charge is 0.308 e. The Labute approximate surface area is 68.7 Å². The first kappa shape index (κ1) is 8.53. The Bertz CT molecular complexity index is 159. The van der Waals surface area contributed by atoms with E-state index in [0.717, 1.165) is 17.3 Å². The molecule has 1 aliphatic heterocycles. The van der Waals surface area contributed by atoms with Crippen molar-refractivity contribution in [2.45, 2.75) is 25.4 Å². The average molecular weight is 156 g/mol. The van der Waals surface area contributed by atoms with Gasteiger partial charge in [-0.05, 0) is 0 Å². The molecule has 1 heterocycles. The SMILES string of the molecule is CCC1([N+](C)(C)C)CC=NN1. The number of hydrogen-bond acceptors (Lipinski definition) is 2. The van der Waals surface area contributed by atoms with Gasteiger partial charge in [0.25, 0.3) is 0 Å². The summed E-state index contributed by atoms with van der Waals surface area (Å²) in [4.78, 5) is 0. The van der Waals surface area contributed by atoms with E-state index in [1.165, 1.54) is 0 Å². The highest BCUT2D eigenvalue weighted by atomic mass is 15.5. The van der Waals surface area contributed by atoms with Crippen molar-refractivity contribution in [1.29, 1.82) is 0 Å². The molecule has 0 saturated heterocycles. The number of nitrogens with one attached hydrogen (secondary N) is 1. The van der Waals surface area contributed by atoms with Gasteiger partial charge in [-0.3, -0.25) is 5.43 Å². The zero-order valence-corrected chi connectivity index (χ0v) is 7.89. The molecular formula is C8H18N3+. The zero-order valence-electron chi connectivity index (χ0n) is 7.89. The zero-order chi connectivity index (χ0) is 8.54. The molecule has 1 unspecified atom stereocenters. The molecule has 64 valence electrons. The summed E-state index contributed by atoms with van der Waals surface area (Å²) < 4.78 is 0.920. The summed E-state index contributed by atoms with van der Waals surface area (Å²) in [6.45, 7) is 2.20. The molecule has 1 atom stereocenters. The van der Waals surface area contributed by atoms with Gasteiger partial charge in [0.15, 0.2) is 5.66 Å². The Kier molecular flexibility index (Phi) is 1.92. The molecule has 1 aliphatic rings. The van der Waals surface area contributed by atoms with Crippen LogP contribution in [0, 0.1) is 0 Å². The Morgan fingerprint density at radius 1 is 1.55 bits per heavy atom. The van der Waals surface area contributed by atoms with Gasteiger partial charge in [0.05, 0.1) is 27.6 Å². The molecule has 3 nitrogen and oxygen atoms in total. The molecule has 0 amide bonds. The van der Waals surface area contributed by atoms with Gasteiger partial charge >= 0.3 is 0 Å². The lowest BCUT2D eigenvalue weighted by molar-refractivity contribution is -0.927. The molecule has 3 heteroatoms. The van der Waals surface area contributed by atoms with Gasteiger partial charge in [0, 0.05) is 12.6 Å². The maximum atomic E-state index is 4.08. The summed E-state index contributed by atoms with van der Waals surface area (Å²) in [6, 6.07) is 0. The van der Waals surface area contributed by atoms with E-state index >= 15 is 0 Å². The van der Waals surface area contributed by atoms with E-state index < -0.39 is 0 Å². The van der Waals surface area contributed by atoms with Crippen molar-refractivity contribution in [2.24, 2.45) is 5.10 Å². The first-order chi connectivity index (χ1) is 5.02. The Morgan fingerprint density at radius 2 is 2.18 bits per heavy atom. The van der Waals surface area contributed by atoms with Gasteiger partial charge in [-0.15, -0.1) is 0 Å². The van der Waals surface area contributed by atoms with Gasteiger partial charge in [-0.1, -0.05) is 6.92 Å². The Hall–Kier alpha value is -0.570. The minimum Gasteiger partial charge on any atom is -0.308 e. The minimum atomic E-state index is 0.139. The van der Waals surface area contributed by atoms with Crippen LogP contribution in [0.2, 0.25) is 0 Å². The first-order valence-corrected chi connectivity index (χ1v) is 4.12. The predicted octanol–water partition coefficient (Wildman–Crippen LogP) is 0.778. The molecule has 1 rings (SSSR count). The van der Waals surface area contributed by atoms with Gasteiger partial charge < -0.3 is 4.48 Å². The van der Waals surface area contributed by atoms with E-state index in [-0.39, 0.29) is 5.66 Å². The van der Waals surface area contributed by atoms with E-state index in [4.69, 9.17) is 0 Å². The number of hydrazone groups is 1. The third-order valence-corrected chi connectivity index (χ3v) is 2.66. The molecule has 1 N–H and O–H groups in total. The van der Waals surface area contributed by atoms with Gasteiger partial charge in [0.1, 0.15) is 0 Å². The fourth-order valence-corrected chi connectivity index (χ4v) is 1.53. The van der Waals surface area contributed by atoms with Gasteiger partial charge in [0.2, 0.25) is 0 Å². The van der Waals surface area contributed by atoms with Gasteiger partial charge in [-0.2, -0.15) is 5.10 Å². The second kappa shape index (κ2) is 2.48. The van der Waals surface area contributed by atoms with Crippen molar-refractivity contribution in [2.75, 3.05) is 21.1 Å². The van der Waals surface area contributed by atoms with E-state index in [1.54, 1.807) is 0 Å². The molecule has 11 heavy (non-hydrogen) atoms. The molecule has 0 aliphatic carbocycles. The summed E-state index contributed by atoms with van der Waals surface area (Å²) >= 11 is 0. The van der Waals surface area contributed by atoms with E-state index in [0.29, 0.717) is 0 Å². The number of rotatable bonds is 2. The van der Waals surface area contributed by atoms with E-state index in [2.05, 4.69) is 38.6 Å². The summed E-state index contributed by atoms with van der Waals surface area (Å²) in [6.07, 6.45) is 4.11. The highest BCUT2D eigenvalue weighted by molar-refractivity contribution is 5.60. The average Bonchev–Trinajstić information content (AvgIpc) is 2.33. The molecule has 0 aromatic carbocycles. The van der Waals surface area contributed by atoms with Crippen molar-refractivity contribution in [3.05, 3.63) is 0 Å². The van der Waals surface area contributed by atoms with Crippen LogP contribution >= 0.6 is 0 Å². The van der Waals surface area contributed by atoms with Crippen LogP contribution in [0.3, 0.4) is 0 Å². The van der Waals surface area contributed by atoms with Crippen molar-refractivity contribution in [1.82, 2.24) is 5.43 Å². The fourth-order valence-electron chi connectivity index (χ4n) is 1.53. The summed E-state index contributed by atoms with van der Waals surface area (Å²) in [5, 5.41) is 4.08. The van der Waals surface area contributed by atoms with Crippen LogP contribution < -0.4 is 5.43 Å². The van der Waals surface area contributed by atoms with Crippen LogP contribution in [-0.4, -0.2) is 37.5 Å². The monoisotopic (exact) mass is 156 g/mol. The number of quaternary nitrogens is 1. The summed E-state index contributed by atoms with van der Waals surface area (Å²) in [5.41, 5.74) is 3.34. The van der Waals surface area contributed by atoms with E-state index in [9.17, 15) is 0 Å². The first-order valence-electron chi connectivity index (χ1n) is 4.12. The maximum Gasteiger partial charge on any atom is 0.191 e. The van der Waals surface area contributed by atoms with Gasteiger partial charge in [-0.25, -0.2) is 0 Å². The van der Waals surface area contributed by atoms with Crippen LogP contribution in [0.15, 0.2) is 5.10 Å². The van der Waals surface area contributed by atoms with Crippen LogP contribution in [0.5, 0.6) is 0 Å². The second-order valence-electron chi connectivity index (χ2n) is 4.03. The van der Waals surface area contributed by atoms with Crippen LogP contribution in [0.25, 0.3) is 0 Å². The standard InChI is InChI=1S/C8H18N3/c1-5-8(11(2,3)4)6-7-9-10-8/h7,10H,5-6H2,1-4H3/q+1. The number of hydrogen-bond donors (Lipinski definition) is 1. The summed E-state index contributed by atoms with van der Waals surface area (Å²) in [7, 11) is 6.60. The molecule has 0 spiro atoms. The Morgan fingerprint density at radius 3 is 2.36 bits per heavy atom. The third kappa shape index (κ3) is 1.25. The third-order valence-electron chi connectivity index (χ3n) is 2.66. The van der Waals surface area contributed by atoms with Crippen molar-refractivity contribution < 1.29 is 4.48 Å². The van der Waals surface area contributed by atoms with Crippen molar-refractivity contribution in [3.8, 4) is 0 Å². The maximum absolute atomic E-state index is 4.08. The topological polar surface area (TPSA) is 24.4 Å². The molecular weight excluding hydrogens is 138 g/mol. The lowest BCUT2D eigenvalue weighted by Gasteiger charge is -2.42. The highest BCUT2D eigenvalue weighted by Gasteiger charge is 2.42. The van der Waals surface area contributed by atoms with E-state index in [1.807, 2.05) is 6.21 Å². The number of nitrogens with zero attached hydrogens (tertiary/aromatic N) is 2. The molecule has 0 aromatic heterocycles.